The van der Waals surface area contributed by atoms with Crippen molar-refractivity contribution >= 4 is 12.2 Å². The zero-order valence-electron chi connectivity index (χ0n) is 12.3. The summed E-state index contributed by atoms with van der Waals surface area (Å²) in [5.41, 5.74) is 4.41. The van der Waals surface area contributed by atoms with E-state index in [0.717, 1.165) is 28.2 Å². The smallest absolute Gasteiger partial charge is 0.139 e. The summed E-state index contributed by atoms with van der Waals surface area (Å²) < 4.78 is 1.84. The minimum absolute atomic E-state index is 0.612. The van der Waals surface area contributed by atoms with Crippen LogP contribution in [0.1, 0.15) is 11.1 Å². The van der Waals surface area contributed by atoms with Gasteiger partial charge in [0.15, 0.2) is 0 Å². The van der Waals surface area contributed by atoms with Crippen LogP contribution in [0.2, 0.25) is 0 Å². The molecule has 0 radical (unpaired) electrons. The van der Waals surface area contributed by atoms with Crippen LogP contribution in [0.3, 0.4) is 0 Å². The van der Waals surface area contributed by atoms with Gasteiger partial charge in [-0.15, -0.1) is 0 Å². The molecule has 2 aromatic carbocycles. The first-order valence-corrected chi connectivity index (χ1v) is 7.29. The van der Waals surface area contributed by atoms with E-state index < -0.39 is 0 Å². The Hall–Kier alpha value is -3.39. The van der Waals surface area contributed by atoms with E-state index in [0.29, 0.717) is 12.1 Å². The minimum atomic E-state index is 0.612. The van der Waals surface area contributed by atoms with Gasteiger partial charge in [0.05, 0.1) is 36.4 Å². The van der Waals surface area contributed by atoms with E-state index in [1.165, 1.54) is 0 Å². The van der Waals surface area contributed by atoms with E-state index in [9.17, 15) is 5.26 Å². The maximum atomic E-state index is 9.52. The number of benzene rings is 2. The Bertz CT molecular complexity index is 932. The van der Waals surface area contributed by atoms with Crippen LogP contribution in [0.5, 0.6) is 0 Å². The van der Waals surface area contributed by atoms with Gasteiger partial charge in [-0.25, -0.2) is 4.68 Å². The lowest BCUT2D eigenvalue weighted by Gasteiger charge is -2.16. The lowest BCUT2D eigenvalue weighted by Crippen LogP contribution is -2.10. The Balaban J connectivity index is 1.98. The predicted octanol–water partition coefficient (Wildman–Crippen LogP) is 3.36. The van der Waals surface area contributed by atoms with Gasteiger partial charge in [0.25, 0.3) is 0 Å². The molecule has 4 rings (SSSR count). The van der Waals surface area contributed by atoms with E-state index in [1.54, 1.807) is 6.34 Å². The van der Waals surface area contributed by atoms with Crippen molar-refractivity contribution in [1.82, 2.24) is 9.78 Å². The van der Waals surface area contributed by atoms with Gasteiger partial charge in [0.1, 0.15) is 5.82 Å². The molecule has 1 aromatic heterocycles. The molecular formula is C18H13N5. The van der Waals surface area contributed by atoms with Crippen LogP contribution < -0.4 is 5.32 Å². The topological polar surface area (TPSA) is 66.0 Å². The summed E-state index contributed by atoms with van der Waals surface area (Å²) in [5, 5.41) is 17.2. The van der Waals surface area contributed by atoms with Crippen LogP contribution in [0, 0.1) is 11.3 Å². The van der Waals surface area contributed by atoms with Crippen molar-refractivity contribution in [3.8, 4) is 22.9 Å². The van der Waals surface area contributed by atoms with Gasteiger partial charge >= 0.3 is 0 Å². The van der Waals surface area contributed by atoms with Crippen LogP contribution in [-0.4, -0.2) is 16.1 Å². The molecule has 0 bridgehead atoms. The molecule has 0 spiro atoms. The number of nitrogens with one attached hydrogen (secondary N) is 1. The third-order valence-corrected chi connectivity index (χ3v) is 3.85. The van der Waals surface area contributed by atoms with Crippen LogP contribution in [-0.2, 0) is 6.54 Å². The second-order valence-electron chi connectivity index (χ2n) is 5.22. The first-order valence-electron chi connectivity index (χ1n) is 7.29. The lowest BCUT2D eigenvalue weighted by atomic mass is 9.98. The molecular weight excluding hydrogens is 286 g/mol. The average Bonchev–Trinajstić information content (AvgIpc) is 3.05. The largest absolute Gasteiger partial charge is 0.331 e. The van der Waals surface area contributed by atoms with Crippen molar-refractivity contribution < 1.29 is 0 Å². The number of fused-ring (bicyclic) bond motifs is 1. The van der Waals surface area contributed by atoms with E-state index in [4.69, 9.17) is 0 Å². The highest BCUT2D eigenvalue weighted by Crippen LogP contribution is 2.33. The molecule has 2 heterocycles. The molecule has 110 valence electrons. The Morgan fingerprint density at radius 1 is 1.09 bits per heavy atom. The molecule has 1 N–H and O–H groups in total. The SMILES string of the molecule is N#Cc1cccc(-n2ncc3c2NC=NC3)c1-c1ccccc1. The Morgan fingerprint density at radius 2 is 1.96 bits per heavy atom. The fourth-order valence-corrected chi connectivity index (χ4v) is 2.80. The number of hydrogen-bond donors (Lipinski definition) is 1. The predicted molar refractivity (Wildman–Crippen MR) is 89.5 cm³/mol. The van der Waals surface area contributed by atoms with Crippen molar-refractivity contribution in [2.75, 3.05) is 5.32 Å². The first kappa shape index (κ1) is 13.3. The van der Waals surface area contributed by atoms with Crippen LogP contribution in [0.25, 0.3) is 16.8 Å². The number of rotatable bonds is 2. The number of hydrogen-bond acceptors (Lipinski definition) is 4. The lowest BCUT2D eigenvalue weighted by molar-refractivity contribution is 0.889. The summed E-state index contributed by atoms with van der Waals surface area (Å²) in [6.45, 7) is 0.612. The van der Waals surface area contributed by atoms with Gasteiger partial charge in [-0.3, -0.25) is 4.99 Å². The fraction of sp³-hybridized carbons (Fsp3) is 0.0556. The van der Waals surface area contributed by atoms with Gasteiger partial charge in [-0.05, 0) is 17.7 Å². The van der Waals surface area contributed by atoms with Crippen molar-refractivity contribution in [2.24, 2.45) is 4.99 Å². The van der Waals surface area contributed by atoms with Crippen molar-refractivity contribution in [2.45, 2.75) is 6.54 Å². The second-order valence-corrected chi connectivity index (χ2v) is 5.22. The number of nitrogens with zero attached hydrogens (tertiary/aromatic N) is 4. The van der Waals surface area contributed by atoms with E-state index in [2.05, 4.69) is 21.5 Å². The van der Waals surface area contributed by atoms with E-state index in [-0.39, 0.29) is 0 Å². The average molecular weight is 299 g/mol. The van der Waals surface area contributed by atoms with E-state index in [1.807, 2.05) is 59.4 Å². The highest BCUT2D eigenvalue weighted by molar-refractivity contribution is 5.82. The third kappa shape index (κ3) is 2.17. The van der Waals surface area contributed by atoms with Crippen molar-refractivity contribution in [3.63, 3.8) is 0 Å². The van der Waals surface area contributed by atoms with Gasteiger partial charge < -0.3 is 5.32 Å². The number of nitriles is 1. The van der Waals surface area contributed by atoms with Gasteiger partial charge in [0.2, 0.25) is 0 Å². The number of anilines is 1. The van der Waals surface area contributed by atoms with Crippen LogP contribution >= 0.6 is 0 Å². The summed E-state index contributed by atoms with van der Waals surface area (Å²) in [7, 11) is 0. The van der Waals surface area contributed by atoms with Crippen molar-refractivity contribution in [1.29, 1.82) is 5.26 Å². The highest BCUT2D eigenvalue weighted by Gasteiger charge is 2.18. The van der Waals surface area contributed by atoms with Gasteiger partial charge in [0, 0.05) is 11.1 Å². The Kier molecular flexibility index (Phi) is 3.13. The zero-order valence-corrected chi connectivity index (χ0v) is 12.3. The molecule has 0 saturated carbocycles. The molecule has 0 fully saturated rings. The molecule has 5 heteroatoms. The third-order valence-electron chi connectivity index (χ3n) is 3.85. The molecule has 0 amide bonds. The maximum absolute atomic E-state index is 9.52. The molecule has 0 unspecified atom stereocenters. The first-order chi connectivity index (χ1) is 11.4. The summed E-state index contributed by atoms with van der Waals surface area (Å²) in [4.78, 5) is 4.20. The monoisotopic (exact) mass is 299 g/mol. The normalized spacial score (nSPS) is 12.3. The van der Waals surface area contributed by atoms with Crippen LogP contribution in [0.15, 0.2) is 59.7 Å². The summed E-state index contributed by atoms with van der Waals surface area (Å²) in [6, 6.07) is 17.9. The van der Waals surface area contributed by atoms with E-state index >= 15 is 0 Å². The molecule has 0 aliphatic carbocycles. The molecule has 0 saturated heterocycles. The highest BCUT2D eigenvalue weighted by atomic mass is 15.3. The van der Waals surface area contributed by atoms with Crippen molar-refractivity contribution in [3.05, 3.63) is 65.9 Å². The quantitative estimate of drug-likeness (QED) is 0.789. The molecule has 23 heavy (non-hydrogen) atoms. The standard InChI is InChI=1S/C18H13N5/c19-9-14-7-4-8-16(17(14)13-5-2-1-3-6-13)23-18-15(11-22-23)10-20-12-21-18/h1-8,11-12H,10H2,(H,20,21). The summed E-state index contributed by atoms with van der Waals surface area (Å²) in [6.07, 6.45) is 3.49. The number of aromatic nitrogens is 2. The zero-order chi connectivity index (χ0) is 15.6. The number of aliphatic imine (C=N–C) groups is 1. The molecule has 3 aromatic rings. The van der Waals surface area contributed by atoms with Gasteiger partial charge in [-0.1, -0.05) is 36.4 Å². The molecule has 1 aliphatic heterocycles. The van der Waals surface area contributed by atoms with Gasteiger partial charge in [-0.2, -0.15) is 10.4 Å². The molecule has 1 aliphatic rings. The maximum Gasteiger partial charge on any atom is 0.139 e. The fourth-order valence-electron chi connectivity index (χ4n) is 2.80. The summed E-state index contributed by atoms with van der Waals surface area (Å²) >= 11 is 0. The minimum Gasteiger partial charge on any atom is -0.331 e. The Labute approximate surface area is 133 Å². The Morgan fingerprint density at radius 3 is 2.78 bits per heavy atom. The second kappa shape index (κ2) is 5.43. The summed E-state index contributed by atoms with van der Waals surface area (Å²) in [5.74, 6) is 0.896. The molecule has 0 atom stereocenters. The molecule has 5 nitrogen and oxygen atoms in total. The van der Waals surface area contributed by atoms with Crippen LogP contribution in [0.4, 0.5) is 5.82 Å².